The predicted molar refractivity (Wildman–Crippen MR) is 87.7 cm³/mol. The first-order valence-corrected chi connectivity index (χ1v) is 8.61. The Hall–Kier alpha value is -1.66. The molecule has 0 spiro atoms. The van der Waals surface area contributed by atoms with Crippen LogP contribution in [-0.2, 0) is 16.4 Å². The molecule has 0 saturated carbocycles. The minimum Gasteiger partial charge on any atom is -0.380 e. The molecule has 2 aromatic heterocycles. The third-order valence-electron chi connectivity index (χ3n) is 3.10. The molecule has 1 N–H and O–H groups in total. The van der Waals surface area contributed by atoms with Crippen molar-refractivity contribution in [1.29, 1.82) is 0 Å². The van der Waals surface area contributed by atoms with Crippen LogP contribution < -0.4 is 5.32 Å². The zero-order chi connectivity index (χ0) is 16.4. The van der Waals surface area contributed by atoms with Crippen LogP contribution in [0.25, 0.3) is 0 Å². The van der Waals surface area contributed by atoms with Crippen LogP contribution >= 0.6 is 11.6 Å². The molecule has 5 nitrogen and oxygen atoms in total. The zero-order valence-corrected chi connectivity index (χ0v) is 14.2. The van der Waals surface area contributed by atoms with Gasteiger partial charge in [0.1, 0.15) is 5.15 Å². The van der Waals surface area contributed by atoms with Gasteiger partial charge in [0, 0.05) is 12.7 Å². The number of hydrogen-bond acceptors (Lipinski definition) is 5. The van der Waals surface area contributed by atoms with E-state index in [-0.39, 0.29) is 5.03 Å². The first kappa shape index (κ1) is 16.7. The molecule has 0 aliphatic rings. The minimum atomic E-state index is -3.43. The molecule has 0 aliphatic heterocycles. The molecule has 22 heavy (non-hydrogen) atoms. The molecule has 0 unspecified atom stereocenters. The lowest BCUT2D eigenvalue weighted by molar-refractivity contribution is 0.556. The summed E-state index contributed by atoms with van der Waals surface area (Å²) in [7, 11) is -3.43. The number of sulfone groups is 1. The lowest BCUT2D eigenvalue weighted by atomic mass is 10.3. The van der Waals surface area contributed by atoms with E-state index in [0.29, 0.717) is 11.7 Å². The van der Waals surface area contributed by atoms with E-state index in [0.717, 1.165) is 11.3 Å². The number of nitrogens with zero attached hydrogens (tertiary/aromatic N) is 2. The molecule has 2 heterocycles. The summed E-state index contributed by atoms with van der Waals surface area (Å²) in [5, 5.41) is 3.69. The number of aromatic nitrogens is 2. The summed E-state index contributed by atoms with van der Waals surface area (Å²) in [5.41, 5.74) is 1.71. The van der Waals surface area contributed by atoms with Crippen molar-refractivity contribution in [3.63, 3.8) is 0 Å². The highest BCUT2D eigenvalue weighted by Gasteiger charge is 2.31. The molecule has 0 aliphatic carbocycles. The Morgan fingerprint density at radius 1 is 1.09 bits per heavy atom. The second-order valence-electron chi connectivity index (χ2n) is 5.84. The van der Waals surface area contributed by atoms with Crippen LogP contribution in [-0.4, -0.2) is 23.1 Å². The molecule has 7 heteroatoms. The third-order valence-corrected chi connectivity index (χ3v) is 5.73. The zero-order valence-electron chi connectivity index (χ0n) is 12.7. The molecule has 0 atom stereocenters. The van der Waals surface area contributed by atoms with Crippen LogP contribution in [0.4, 0.5) is 5.69 Å². The Morgan fingerprint density at radius 2 is 1.82 bits per heavy atom. The lowest BCUT2D eigenvalue weighted by Gasteiger charge is -2.18. The molecule has 0 bridgehead atoms. The first-order chi connectivity index (χ1) is 10.2. The van der Waals surface area contributed by atoms with Crippen LogP contribution in [0.3, 0.4) is 0 Å². The van der Waals surface area contributed by atoms with Gasteiger partial charge < -0.3 is 5.32 Å². The van der Waals surface area contributed by atoms with Gasteiger partial charge in [-0.1, -0.05) is 17.7 Å². The molecular weight excluding hydrogens is 322 g/mol. The van der Waals surface area contributed by atoms with Gasteiger partial charge in [-0.2, -0.15) is 0 Å². The normalized spacial score (nSPS) is 12.2. The second-order valence-corrected chi connectivity index (χ2v) is 8.88. The summed E-state index contributed by atoms with van der Waals surface area (Å²) < 4.78 is 23.7. The highest BCUT2D eigenvalue weighted by molar-refractivity contribution is 7.92. The van der Waals surface area contributed by atoms with Gasteiger partial charge in [-0.05, 0) is 44.5 Å². The van der Waals surface area contributed by atoms with Gasteiger partial charge in [0.25, 0.3) is 0 Å². The monoisotopic (exact) mass is 339 g/mol. The van der Waals surface area contributed by atoms with Crippen LogP contribution in [0.15, 0.2) is 41.7 Å². The van der Waals surface area contributed by atoms with Crippen LogP contribution in [0.2, 0.25) is 5.15 Å². The second kappa shape index (κ2) is 6.22. The first-order valence-electron chi connectivity index (χ1n) is 6.75. The van der Waals surface area contributed by atoms with Gasteiger partial charge >= 0.3 is 0 Å². The Balaban J connectivity index is 2.08. The maximum atomic E-state index is 12.3. The number of hydrogen-bond donors (Lipinski definition) is 1. The van der Waals surface area contributed by atoms with Crippen LogP contribution in [0, 0.1) is 0 Å². The molecule has 0 radical (unpaired) electrons. The van der Waals surface area contributed by atoms with Crippen molar-refractivity contribution in [2.75, 3.05) is 5.32 Å². The smallest absolute Gasteiger partial charge is 0.200 e. The van der Waals surface area contributed by atoms with E-state index in [1.165, 1.54) is 12.3 Å². The van der Waals surface area contributed by atoms with Crippen LogP contribution in [0.5, 0.6) is 0 Å². The van der Waals surface area contributed by atoms with Gasteiger partial charge in [-0.25, -0.2) is 18.4 Å². The third kappa shape index (κ3) is 3.75. The fraction of sp³-hybridized carbons (Fsp3) is 0.333. The Morgan fingerprint density at radius 3 is 2.32 bits per heavy atom. The number of halogens is 1. The van der Waals surface area contributed by atoms with Crippen molar-refractivity contribution < 1.29 is 8.42 Å². The van der Waals surface area contributed by atoms with Crippen molar-refractivity contribution in [3.05, 3.63) is 47.4 Å². The van der Waals surface area contributed by atoms with E-state index in [1.807, 2.05) is 6.07 Å². The minimum absolute atomic E-state index is 0.0821. The van der Waals surface area contributed by atoms with Crippen molar-refractivity contribution in [2.45, 2.75) is 37.1 Å². The maximum absolute atomic E-state index is 12.3. The van der Waals surface area contributed by atoms with E-state index in [4.69, 9.17) is 11.6 Å². The van der Waals surface area contributed by atoms with Gasteiger partial charge in [0.2, 0.25) is 0 Å². The number of nitrogens with one attached hydrogen (secondary N) is 1. The molecule has 0 fully saturated rings. The fourth-order valence-corrected chi connectivity index (χ4v) is 2.85. The van der Waals surface area contributed by atoms with Crippen LogP contribution in [0.1, 0.15) is 26.3 Å². The average molecular weight is 340 g/mol. The molecule has 0 aromatic carbocycles. The lowest BCUT2D eigenvalue weighted by Crippen LogP contribution is -2.28. The summed E-state index contributed by atoms with van der Waals surface area (Å²) in [6.07, 6.45) is 3.20. The Kier molecular flexibility index (Phi) is 4.72. The van der Waals surface area contributed by atoms with E-state index < -0.39 is 14.6 Å². The highest BCUT2D eigenvalue weighted by Crippen LogP contribution is 2.23. The standard InChI is InChI=1S/C15H18ClN3O2S/c1-15(2,3)22(20,21)14-7-5-12(10-19-14)17-8-11-4-6-13(16)18-9-11/h4-7,9-10,17H,8H2,1-3H3. The molecule has 2 rings (SSSR count). The topological polar surface area (TPSA) is 72.0 Å². The van der Waals surface area contributed by atoms with Gasteiger partial charge in [-0.3, -0.25) is 0 Å². The van der Waals surface area contributed by atoms with Gasteiger partial charge in [0.15, 0.2) is 14.9 Å². The van der Waals surface area contributed by atoms with Gasteiger partial charge in [0.05, 0.1) is 16.6 Å². The number of rotatable bonds is 4. The Labute approximate surface area is 135 Å². The van der Waals surface area contributed by atoms with E-state index in [1.54, 1.807) is 39.1 Å². The fourth-order valence-electron chi connectivity index (χ4n) is 1.67. The summed E-state index contributed by atoms with van der Waals surface area (Å²) in [5.74, 6) is 0. The number of pyridine rings is 2. The van der Waals surface area contributed by atoms with E-state index in [9.17, 15) is 8.42 Å². The summed E-state index contributed by atoms with van der Waals surface area (Å²) in [4.78, 5) is 8.05. The quantitative estimate of drug-likeness (QED) is 0.865. The molecule has 0 saturated heterocycles. The summed E-state index contributed by atoms with van der Waals surface area (Å²) in [6, 6.07) is 6.81. The van der Waals surface area contributed by atoms with Gasteiger partial charge in [-0.15, -0.1) is 0 Å². The summed E-state index contributed by atoms with van der Waals surface area (Å²) >= 11 is 5.73. The number of anilines is 1. The van der Waals surface area contributed by atoms with Crippen molar-refractivity contribution >= 4 is 27.1 Å². The average Bonchev–Trinajstić information content (AvgIpc) is 2.46. The van der Waals surface area contributed by atoms with Crippen molar-refractivity contribution in [2.24, 2.45) is 0 Å². The predicted octanol–water partition coefficient (Wildman–Crippen LogP) is 3.31. The molecule has 118 valence electrons. The largest absolute Gasteiger partial charge is 0.380 e. The van der Waals surface area contributed by atoms with Crippen molar-refractivity contribution in [3.8, 4) is 0 Å². The molecule has 2 aromatic rings. The van der Waals surface area contributed by atoms with Crippen molar-refractivity contribution in [1.82, 2.24) is 9.97 Å². The molecule has 0 amide bonds. The molecular formula is C15H18ClN3O2S. The van der Waals surface area contributed by atoms with E-state index in [2.05, 4.69) is 15.3 Å². The Bertz CT molecular complexity index is 736. The maximum Gasteiger partial charge on any atom is 0.200 e. The highest BCUT2D eigenvalue weighted by atomic mass is 35.5. The van der Waals surface area contributed by atoms with E-state index >= 15 is 0 Å². The SMILES string of the molecule is CC(C)(C)S(=O)(=O)c1ccc(NCc2ccc(Cl)nc2)cn1. The summed E-state index contributed by atoms with van der Waals surface area (Å²) in [6.45, 7) is 5.52.